The Morgan fingerprint density at radius 1 is 1.80 bits per heavy atom. The predicted octanol–water partition coefficient (Wildman–Crippen LogP) is 0.618. The van der Waals surface area contributed by atoms with Crippen LogP contribution in [-0.4, -0.2) is 4.74 Å². The van der Waals surface area contributed by atoms with Gasteiger partial charge in [-0.05, 0) is 0 Å². The van der Waals surface area contributed by atoms with E-state index < -0.39 is 0 Å². The van der Waals surface area contributed by atoms with Gasteiger partial charge in [0.2, 0.25) is 0 Å². The molecule has 1 heterocycles. The molecule has 0 saturated heterocycles. The van der Waals surface area contributed by atoms with Crippen LogP contribution in [0, 0.1) is 0 Å². The van der Waals surface area contributed by atoms with Crippen LogP contribution in [0.1, 0.15) is 0 Å². The monoisotopic (exact) mass is 71.0 g/mol. The molecule has 0 aliphatic rings. The van der Waals surface area contributed by atoms with Gasteiger partial charge < -0.3 is 4.52 Å². The van der Waals surface area contributed by atoms with Crippen molar-refractivity contribution in [2.24, 2.45) is 7.05 Å². The first-order valence-corrected chi connectivity index (χ1v) is 1.46. The van der Waals surface area contributed by atoms with E-state index in [1.54, 1.807) is 11.0 Å². The van der Waals surface area contributed by atoms with Crippen LogP contribution in [0.3, 0.4) is 0 Å². The normalized spacial score (nSPS) is 9.00. The van der Waals surface area contributed by atoms with Crippen molar-refractivity contribution in [3.05, 3.63) is 12.5 Å². The molecule has 0 spiro atoms. The molecule has 0 amide bonds. The van der Waals surface area contributed by atoms with E-state index in [4.69, 9.17) is 0 Å². The standard InChI is InChI=1S/C3H5NO/c1-4-2-3-5-4/h2-3H,1H3. The summed E-state index contributed by atoms with van der Waals surface area (Å²) in [6, 6.07) is 0. The van der Waals surface area contributed by atoms with E-state index in [0.29, 0.717) is 0 Å². The first-order valence-electron chi connectivity index (χ1n) is 1.46. The molecule has 0 radical (unpaired) electrons. The zero-order valence-electron chi connectivity index (χ0n) is 3.01. The number of rotatable bonds is 0. The average molecular weight is 71.1 g/mol. The van der Waals surface area contributed by atoms with Crippen LogP contribution in [-0.2, 0) is 7.05 Å². The number of nitrogens with zero attached hydrogens (tertiary/aromatic N) is 1. The van der Waals surface area contributed by atoms with Crippen molar-refractivity contribution < 1.29 is 4.52 Å². The Morgan fingerprint density at radius 3 is 2.20 bits per heavy atom. The maximum Gasteiger partial charge on any atom is 0.138 e. The van der Waals surface area contributed by atoms with E-state index >= 15 is 0 Å². The predicted molar refractivity (Wildman–Crippen MR) is 17.7 cm³/mol. The van der Waals surface area contributed by atoms with Gasteiger partial charge in [-0.2, -0.15) is 0 Å². The highest BCUT2D eigenvalue weighted by Gasteiger charge is 1.72. The second-order valence-corrected chi connectivity index (χ2v) is 0.937. The van der Waals surface area contributed by atoms with Crippen molar-refractivity contribution >= 4 is 0 Å². The van der Waals surface area contributed by atoms with Crippen LogP contribution in [0.5, 0.6) is 0 Å². The molecule has 0 aliphatic carbocycles. The van der Waals surface area contributed by atoms with Gasteiger partial charge in [0.15, 0.2) is 0 Å². The SMILES string of the molecule is Cn1cco1. The number of aryl methyl sites for hydroxylation is 1. The van der Waals surface area contributed by atoms with Gasteiger partial charge in [-0.3, -0.25) is 0 Å². The molecule has 1 aromatic heterocycles. The van der Waals surface area contributed by atoms with Gasteiger partial charge in [0.1, 0.15) is 6.26 Å². The molecular formula is C3H5NO. The first kappa shape index (κ1) is 2.57. The highest BCUT2D eigenvalue weighted by atomic mass is 16.5. The third kappa shape index (κ3) is 0.210. The molecule has 0 saturated carbocycles. The summed E-state index contributed by atoms with van der Waals surface area (Å²) in [6.45, 7) is 0. The Hall–Kier alpha value is -0.660. The van der Waals surface area contributed by atoms with Gasteiger partial charge in [-0.1, -0.05) is 0 Å². The minimum absolute atomic E-state index is 1.62. The average Bonchev–Trinajstić information content (AvgIpc) is 1.30. The largest absolute Gasteiger partial charge is 0.386 e. The van der Waals surface area contributed by atoms with E-state index in [-0.39, 0.29) is 0 Å². The smallest absolute Gasteiger partial charge is 0.138 e. The Kier molecular flexibility index (Phi) is 0.330. The number of aromatic nitrogens is 1. The van der Waals surface area contributed by atoms with E-state index in [9.17, 15) is 0 Å². The molecule has 0 aromatic carbocycles. The highest BCUT2D eigenvalue weighted by molar-refractivity contribution is 4.57. The first-order chi connectivity index (χ1) is 2.39. The Balaban J connectivity index is 2.83. The summed E-state index contributed by atoms with van der Waals surface area (Å²) in [4.78, 5) is 0. The van der Waals surface area contributed by atoms with E-state index in [1.165, 1.54) is 0 Å². The fraction of sp³-hybridized carbons (Fsp3) is 0.333. The third-order valence-corrected chi connectivity index (χ3v) is 0.498. The van der Waals surface area contributed by atoms with Gasteiger partial charge >= 0.3 is 0 Å². The lowest BCUT2D eigenvalue weighted by atomic mass is 10.9. The fourth-order valence-electron chi connectivity index (χ4n) is 0.183. The molecule has 1 rings (SSSR count). The quantitative estimate of drug-likeness (QED) is 0.438. The molecule has 28 valence electrons. The van der Waals surface area contributed by atoms with Crippen LogP contribution < -0.4 is 0 Å². The maximum absolute atomic E-state index is 4.58. The second-order valence-electron chi connectivity index (χ2n) is 0.937. The molecule has 5 heavy (non-hydrogen) atoms. The van der Waals surface area contributed by atoms with Crippen molar-refractivity contribution in [3.8, 4) is 0 Å². The van der Waals surface area contributed by atoms with Crippen LogP contribution in [0.2, 0.25) is 0 Å². The molecular weight excluding hydrogens is 66.0 g/mol. The molecule has 0 unspecified atom stereocenters. The minimum atomic E-state index is 1.62. The lowest BCUT2D eigenvalue weighted by Gasteiger charge is -1.93. The summed E-state index contributed by atoms with van der Waals surface area (Å²) in [5.74, 6) is 0. The summed E-state index contributed by atoms with van der Waals surface area (Å²) in [7, 11) is 1.83. The van der Waals surface area contributed by atoms with Crippen LogP contribution in [0.4, 0.5) is 0 Å². The number of hydrogen-bond donors (Lipinski definition) is 0. The molecule has 0 atom stereocenters. The highest BCUT2D eigenvalue weighted by Crippen LogP contribution is 1.80. The van der Waals surface area contributed by atoms with Crippen molar-refractivity contribution in [2.45, 2.75) is 0 Å². The van der Waals surface area contributed by atoms with Crippen molar-refractivity contribution in [1.82, 2.24) is 4.74 Å². The molecule has 0 aliphatic heterocycles. The van der Waals surface area contributed by atoms with Crippen molar-refractivity contribution in [2.75, 3.05) is 0 Å². The van der Waals surface area contributed by atoms with Gasteiger partial charge in [-0.15, -0.1) is 0 Å². The Bertz CT molecular complexity index is 89.1. The summed E-state index contributed by atoms with van der Waals surface area (Å²) in [5, 5.41) is 0. The van der Waals surface area contributed by atoms with Gasteiger partial charge in [-0.25, -0.2) is 4.74 Å². The molecule has 0 bridgehead atoms. The van der Waals surface area contributed by atoms with Crippen LogP contribution in [0.25, 0.3) is 0 Å². The van der Waals surface area contributed by atoms with Crippen LogP contribution in [0.15, 0.2) is 17.0 Å². The molecule has 2 heteroatoms. The van der Waals surface area contributed by atoms with E-state index in [0.717, 1.165) is 0 Å². The van der Waals surface area contributed by atoms with Crippen molar-refractivity contribution in [1.29, 1.82) is 0 Å². The Morgan fingerprint density at radius 2 is 2.20 bits per heavy atom. The number of hydrogen-bond acceptors (Lipinski definition) is 1. The van der Waals surface area contributed by atoms with Gasteiger partial charge in [0, 0.05) is 7.05 Å². The molecule has 0 fully saturated rings. The van der Waals surface area contributed by atoms with Crippen LogP contribution >= 0.6 is 0 Å². The van der Waals surface area contributed by atoms with Gasteiger partial charge in [0.25, 0.3) is 0 Å². The fourth-order valence-corrected chi connectivity index (χ4v) is 0.183. The third-order valence-electron chi connectivity index (χ3n) is 0.498. The topological polar surface area (TPSA) is 18.1 Å². The lowest BCUT2D eigenvalue weighted by molar-refractivity contribution is 0.244. The Labute approximate surface area is 30.0 Å². The summed E-state index contributed by atoms with van der Waals surface area (Å²) in [6.07, 6.45) is 3.46. The van der Waals surface area contributed by atoms with Gasteiger partial charge in [0.05, 0.1) is 6.20 Å². The summed E-state index contributed by atoms with van der Waals surface area (Å²) >= 11 is 0. The minimum Gasteiger partial charge on any atom is -0.386 e. The zero-order chi connectivity index (χ0) is 3.70. The summed E-state index contributed by atoms with van der Waals surface area (Å²) in [5.41, 5.74) is 0. The maximum atomic E-state index is 4.58. The van der Waals surface area contributed by atoms with E-state index in [1.807, 2.05) is 13.2 Å². The lowest BCUT2D eigenvalue weighted by Crippen LogP contribution is -1.87. The molecule has 2 nitrogen and oxygen atoms in total. The second kappa shape index (κ2) is 0.641. The zero-order valence-corrected chi connectivity index (χ0v) is 3.01. The van der Waals surface area contributed by atoms with E-state index in [2.05, 4.69) is 4.52 Å². The van der Waals surface area contributed by atoms with Crippen molar-refractivity contribution in [3.63, 3.8) is 0 Å². The molecule has 0 N–H and O–H groups in total. The molecule has 1 aromatic rings. The summed E-state index contributed by atoms with van der Waals surface area (Å²) < 4.78 is 6.21.